The maximum Gasteiger partial charge on any atom is 0.396 e. The van der Waals surface area contributed by atoms with E-state index in [0.717, 1.165) is 12.8 Å². The standard InChI is InChI=1S/C10H14F3N3O/c11-10(12,13)5-8-15-9(17-16-8)6-14-7-3-1-2-4-7/h7,14H,1-6H2. The van der Waals surface area contributed by atoms with Crippen LogP contribution in [0.1, 0.15) is 37.4 Å². The van der Waals surface area contributed by atoms with Crippen LogP contribution in [0, 0.1) is 0 Å². The van der Waals surface area contributed by atoms with Gasteiger partial charge in [0.05, 0.1) is 6.54 Å². The second kappa shape index (κ2) is 5.03. The van der Waals surface area contributed by atoms with Gasteiger partial charge in [-0.3, -0.25) is 0 Å². The van der Waals surface area contributed by atoms with Gasteiger partial charge >= 0.3 is 6.18 Å². The first-order valence-corrected chi connectivity index (χ1v) is 5.64. The molecule has 0 aromatic carbocycles. The predicted molar refractivity (Wildman–Crippen MR) is 53.2 cm³/mol. The van der Waals surface area contributed by atoms with Crippen LogP contribution in [-0.2, 0) is 13.0 Å². The average molecular weight is 249 g/mol. The van der Waals surface area contributed by atoms with Crippen LogP contribution in [-0.4, -0.2) is 22.4 Å². The maximum atomic E-state index is 12.0. The summed E-state index contributed by atoms with van der Waals surface area (Å²) in [7, 11) is 0. The van der Waals surface area contributed by atoms with Gasteiger partial charge < -0.3 is 9.84 Å². The lowest BCUT2D eigenvalue weighted by molar-refractivity contribution is -0.128. The highest BCUT2D eigenvalue weighted by Crippen LogP contribution is 2.20. The smallest absolute Gasteiger partial charge is 0.338 e. The fourth-order valence-electron chi connectivity index (χ4n) is 1.97. The molecule has 1 aromatic rings. The molecule has 4 nitrogen and oxygen atoms in total. The molecule has 1 N–H and O–H groups in total. The Kier molecular flexibility index (Phi) is 3.66. The number of hydrogen-bond acceptors (Lipinski definition) is 4. The highest BCUT2D eigenvalue weighted by molar-refractivity contribution is 4.89. The fourth-order valence-corrected chi connectivity index (χ4v) is 1.97. The van der Waals surface area contributed by atoms with Crippen LogP contribution in [0.3, 0.4) is 0 Å². The van der Waals surface area contributed by atoms with Gasteiger partial charge in [-0.25, -0.2) is 0 Å². The van der Waals surface area contributed by atoms with Crippen molar-refractivity contribution < 1.29 is 17.7 Å². The topological polar surface area (TPSA) is 51.0 Å². The Balaban J connectivity index is 1.81. The van der Waals surface area contributed by atoms with E-state index < -0.39 is 12.6 Å². The van der Waals surface area contributed by atoms with Gasteiger partial charge in [-0.15, -0.1) is 0 Å². The van der Waals surface area contributed by atoms with Gasteiger partial charge in [0, 0.05) is 6.04 Å². The lowest BCUT2D eigenvalue weighted by Crippen LogP contribution is -2.25. The highest BCUT2D eigenvalue weighted by atomic mass is 19.4. The molecule has 0 radical (unpaired) electrons. The van der Waals surface area contributed by atoms with Crippen LogP contribution in [0.25, 0.3) is 0 Å². The van der Waals surface area contributed by atoms with Crippen molar-refractivity contribution in [3.63, 3.8) is 0 Å². The minimum atomic E-state index is -4.29. The molecule has 1 heterocycles. The Hall–Kier alpha value is -1.11. The molecule has 96 valence electrons. The van der Waals surface area contributed by atoms with Crippen molar-refractivity contribution in [3.05, 3.63) is 11.7 Å². The molecular weight excluding hydrogens is 235 g/mol. The van der Waals surface area contributed by atoms with E-state index in [1.807, 2.05) is 0 Å². The Morgan fingerprint density at radius 3 is 2.65 bits per heavy atom. The SMILES string of the molecule is FC(F)(F)Cc1noc(CNC2CCCC2)n1. The molecule has 0 amide bonds. The molecule has 1 fully saturated rings. The molecule has 0 unspecified atom stereocenters. The number of rotatable bonds is 4. The fraction of sp³-hybridized carbons (Fsp3) is 0.800. The molecular formula is C10H14F3N3O. The highest BCUT2D eigenvalue weighted by Gasteiger charge is 2.30. The van der Waals surface area contributed by atoms with E-state index in [2.05, 4.69) is 15.5 Å². The largest absolute Gasteiger partial charge is 0.396 e. The second-order valence-electron chi connectivity index (χ2n) is 4.26. The lowest BCUT2D eigenvalue weighted by Gasteiger charge is -2.08. The minimum Gasteiger partial charge on any atom is -0.338 e. The Morgan fingerprint density at radius 2 is 2.00 bits per heavy atom. The molecule has 1 aliphatic carbocycles. The van der Waals surface area contributed by atoms with Crippen LogP contribution in [0.2, 0.25) is 0 Å². The predicted octanol–water partition coefficient (Wildman–Crippen LogP) is 2.21. The molecule has 0 atom stereocenters. The third-order valence-electron chi connectivity index (χ3n) is 2.77. The monoisotopic (exact) mass is 249 g/mol. The molecule has 0 spiro atoms. The summed E-state index contributed by atoms with van der Waals surface area (Å²) in [5.41, 5.74) is 0. The molecule has 7 heteroatoms. The molecule has 0 aliphatic heterocycles. The van der Waals surface area contributed by atoms with E-state index in [4.69, 9.17) is 4.52 Å². The quantitative estimate of drug-likeness (QED) is 0.888. The van der Waals surface area contributed by atoms with Crippen molar-refractivity contribution in [2.24, 2.45) is 0 Å². The summed E-state index contributed by atoms with van der Waals surface area (Å²) < 4.78 is 40.9. The van der Waals surface area contributed by atoms with Crippen molar-refractivity contribution in [2.75, 3.05) is 0 Å². The zero-order valence-electron chi connectivity index (χ0n) is 9.26. The Morgan fingerprint density at radius 1 is 1.29 bits per heavy atom. The molecule has 1 aliphatic rings. The molecule has 0 saturated heterocycles. The van der Waals surface area contributed by atoms with Crippen molar-refractivity contribution in [3.8, 4) is 0 Å². The number of nitrogens with zero attached hydrogens (tertiary/aromatic N) is 2. The van der Waals surface area contributed by atoms with Gasteiger partial charge in [0.25, 0.3) is 0 Å². The van der Waals surface area contributed by atoms with Crippen LogP contribution in [0.15, 0.2) is 4.52 Å². The summed E-state index contributed by atoms with van der Waals surface area (Å²) in [5, 5.41) is 6.50. The second-order valence-corrected chi connectivity index (χ2v) is 4.26. The number of nitrogens with one attached hydrogen (secondary N) is 1. The van der Waals surface area contributed by atoms with E-state index >= 15 is 0 Å². The minimum absolute atomic E-state index is 0.219. The van der Waals surface area contributed by atoms with E-state index in [1.165, 1.54) is 12.8 Å². The van der Waals surface area contributed by atoms with Crippen molar-refractivity contribution in [1.82, 2.24) is 15.5 Å². The van der Waals surface area contributed by atoms with E-state index in [9.17, 15) is 13.2 Å². The van der Waals surface area contributed by atoms with Crippen molar-refractivity contribution in [2.45, 2.75) is 50.9 Å². The maximum absolute atomic E-state index is 12.0. The molecule has 1 aromatic heterocycles. The number of halogens is 3. The van der Waals surface area contributed by atoms with Gasteiger partial charge in [0.15, 0.2) is 5.82 Å². The summed E-state index contributed by atoms with van der Waals surface area (Å²) in [6, 6.07) is 0.424. The summed E-state index contributed by atoms with van der Waals surface area (Å²) in [6.45, 7) is 0.343. The van der Waals surface area contributed by atoms with Crippen LogP contribution < -0.4 is 5.32 Å². The first-order valence-electron chi connectivity index (χ1n) is 5.64. The number of hydrogen-bond donors (Lipinski definition) is 1. The summed E-state index contributed by atoms with van der Waals surface area (Å²) in [5.74, 6) is -0.0862. The first kappa shape index (κ1) is 12.3. The van der Waals surface area contributed by atoms with Gasteiger partial charge in [-0.1, -0.05) is 18.0 Å². The summed E-state index contributed by atoms with van der Waals surface area (Å²) >= 11 is 0. The summed E-state index contributed by atoms with van der Waals surface area (Å²) in [6.07, 6.45) is -0.839. The first-order chi connectivity index (χ1) is 8.03. The summed E-state index contributed by atoms with van der Waals surface area (Å²) in [4.78, 5) is 3.70. The molecule has 2 rings (SSSR count). The Labute approximate surface area is 96.6 Å². The lowest BCUT2D eigenvalue weighted by atomic mass is 10.2. The molecule has 0 bridgehead atoms. The van der Waals surface area contributed by atoms with E-state index in [1.54, 1.807) is 0 Å². The molecule has 1 saturated carbocycles. The van der Waals surface area contributed by atoms with Crippen molar-refractivity contribution >= 4 is 0 Å². The zero-order valence-corrected chi connectivity index (χ0v) is 9.26. The zero-order chi connectivity index (χ0) is 12.3. The Bertz CT molecular complexity index is 358. The normalized spacial score (nSPS) is 17.8. The molecule has 17 heavy (non-hydrogen) atoms. The van der Waals surface area contributed by atoms with Gasteiger partial charge in [0.2, 0.25) is 5.89 Å². The van der Waals surface area contributed by atoms with Gasteiger partial charge in [-0.2, -0.15) is 18.2 Å². The van der Waals surface area contributed by atoms with Crippen molar-refractivity contribution in [1.29, 1.82) is 0 Å². The number of alkyl halides is 3. The van der Waals surface area contributed by atoms with Crippen LogP contribution in [0.5, 0.6) is 0 Å². The van der Waals surface area contributed by atoms with E-state index in [-0.39, 0.29) is 11.7 Å². The van der Waals surface area contributed by atoms with Gasteiger partial charge in [0.1, 0.15) is 6.42 Å². The van der Waals surface area contributed by atoms with Gasteiger partial charge in [-0.05, 0) is 12.8 Å². The van der Waals surface area contributed by atoms with E-state index in [0.29, 0.717) is 12.6 Å². The third-order valence-corrected chi connectivity index (χ3v) is 2.77. The number of aromatic nitrogens is 2. The van der Waals surface area contributed by atoms with Crippen LogP contribution in [0.4, 0.5) is 13.2 Å². The third kappa shape index (κ3) is 3.99. The average Bonchev–Trinajstić information content (AvgIpc) is 2.82. The van der Waals surface area contributed by atoms with Crippen LogP contribution >= 0.6 is 0 Å².